The minimum absolute atomic E-state index is 0.711. The standard InChI is InChI=1S/C9H9NO/c1-7-4-6-11-9-8(7)3-2-5-10-9/h2-3,5H,1,4,6H2. The Morgan fingerprint density at radius 2 is 2.45 bits per heavy atom. The molecule has 0 fully saturated rings. The molecular formula is C9H9NO. The van der Waals surface area contributed by atoms with E-state index in [0.717, 1.165) is 23.4 Å². The lowest BCUT2D eigenvalue weighted by atomic mass is 10.1. The number of aromatic nitrogens is 1. The molecule has 1 aromatic rings. The molecule has 2 rings (SSSR count). The number of rotatable bonds is 0. The van der Waals surface area contributed by atoms with Gasteiger partial charge in [-0.1, -0.05) is 6.58 Å². The summed E-state index contributed by atoms with van der Waals surface area (Å²) in [6.07, 6.45) is 2.65. The molecule has 0 N–H and O–H groups in total. The van der Waals surface area contributed by atoms with Crippen LogP contribution < -0.4 is 4.74 Å². The van der Waals surface area contributed by atoms with Crippen LogP contribution in [0.25, 0.3) is 5.57 Å². The quantitative estimate of drug-likeness (QED) is 0.559. The number of fused-ring (bicyclic) bond motifs is 1. The van der Waals surface area contributed by atoms with Crippen molar-refractivity contribution in [3.8, 4) is 5.88 Å². The third kappa shape index (κ3) is 1.00. The summed E-state index contributed by atoms with van der Waals surface area (Å²) in [4.78, 5) is 4.09. The molecule has 0 spiro atoms. The predicted molar refractivity (Wildman–Crippen MR) is 43.4 cm³/mol. The third-order valence-electron chi connectivity index (χ3n) is 1.79. The molecule has 0 saturated carbocycles. The van der Waals surface area contributed by atoms with Crippen LogP contribution in [0.2, 0.25) is 0 Å². The second-order valence-corrected chi connectivity index (χ2v) is 2.56. The van der Waals surface area contributed by atoms with Crippen molar-refractivity contribution in [2.45, 2.75) is 6.42 Å². The van der Waals surface area contributed by atoms with Gasteiger partial charge in [-0.25, -0.2) is 4.98 Å². The van der Waals surface area contributed by atoms with Gasteiger partial charge in [0, 0.05) is 18.2 Å². The summed E-state index contributed by atoms with van der Waals surface area (Å²) < 4.78 is 5.32. The molecule has 1 aliphatic heterocycles. The molecule has 0 saturated heterocycles. The minimum atomic E-state index is 0.711. The van der Waals surface area contributed by atoms with E-state index in [1.165, 1.54) is 0 Å². The van der Waals surface area contributed by atoms with Crippen molar-refractivity contribution in [1.82, 2.24) is 4.98 Å². The van der Waals surface area contributed by atoms with E-state index < -0.39 is 0 Å². The Balaban J connectivity index is 2.52. The number of ether oxygens (including phenoxy) is 1. The first-order valence-corrected chi connectivity index (χ1v) is 3.64. The van der Waals surface area contributed by atoms with Crippen LogP contribution in [0.1, 0.15) is 12.0 Å². The smallest absolute Gasteiger partial charge is 0.220 e. The maximum atomic E-state index is 5.32. The highest BCUT2D eigenvalue weighted by Gasteiger charge is 2.12. The Hall–Kier alpha value is -1.31. The summed E-state index contributed by atoms with van der Waals surface area (Å²) in [5, 5.41) is 0. The largest absolute Gasteiger partial charge is 0.477 e. The van der Waals surface area contributed by atoms with Gasteiger partial charge in [-0.2, -0.15) is 0 Å². The van der Waals surface area contributed by atoms with Crippen LogP contribution in [-0.4, -0.2) is 11.6 Å². The van der Waals surface area contributed by atoms with Crippen LogP contribution in [0, 0.1) is 0 Å². The monoisotopic (exact) mass is 147 g/mol. The van der Waals surface area contributed by atoms with Crippen LogP contribution in [-0.2, 0) is 0 Å². The molecule has 0 aromatic carbocycles. The van der Waals surface area contributed by atoms with E-state index >= 15 is 0 Å². The molecule has 0 unspecified atom stereocenters. The summed E-state index contributed by atoms with van der Waals surface area (Å²) in [5.41, 5.74) is 2.18. The Kier molecular flexibility index (Phi) is 1.39. The van der Waals surface area contributed by atoms with Gasteiger partial charge in [-0.05, 0) is 17.7 Å². The summed E-state index contributed by atoms with van der Waals surface area (Å²) in [7, 11) is 0. The highest BCUT2D eigenvalue weighted by Crippen LogP contribution is 2.28. The van der Waals surface area contributed by atoms with E-state index in [4.69, 9.17) is 4.74 Å². The van der Waals surface area contributed by atoms with Crippen molar-refractivity contribution in [3.63, 3.8) is 0 Å². The first-order chi connectivity index (χ1) is 5.38. The molecule has 2 heterocycles. The molecule has 11 heavy (non-hydrogen) atoms. The molecule has 2 heteroatoms. The van der Waals surface area contributed by atoms with Gasteiger partial charge in [0.1, 0.15) is 0 Å². The van der Waals surface area contributed by atoms with E-state index in [9.17, 15) is 0 Å². The first kappa shape index (κ1) is 6.40. The van der Waals surface area contributed by atoms with Gasteiger partial charge < -0.3 is 4.74 Å². The fourth-order valence-electron chi connectivity index (χ4n) is 1.18. The average Bonchev–Trinajstić information content (AvgIpc) is 2.06. The molecule has 0 radical (unpaired) electrons. The Morgan fingerprint density at radius 3 is 3.27 bits per heavy atom. The lowest BCUT2D eigenvalue weighted by Crippen LogP contribution is -2.07. The van der Waals surface area contributed by atoms with Gasteiger partial charge in [0.15, 0.2) is 0 Å². The third-order valence-corrected chi connectivity index (χ3v) is 1.79. The van der Waals surface area contributed by atoms with Crippen LogP contribution in [0.5, 0.6) is 5.88 Å². The highest BCUT2D eigenvalue weighted by atomic mass is 16.5. The number of pyridine rings is 1. The van der Waals surface area contributed by atoms with Crippen LogP contribution in [0.4, 0.5) is 0 Å². The zero-order chi connectivity index (χ0) is 7.68. The number of nitrogens with zero attached hydrogens (tertiary/aromatic N) is 1. The van der Waals surface area contributed by atoms with E-state index in [1.54, 1.807) is 6.20 Å². The molecule has 2 nitrogen and oxygen atoms in total. The van der Waals surface area contributed by atoms with Gasteiger partial charge in [-0.3, -0.25) is 0 Å². The molecule has 1 aliphatic rings. The van der Waals surface area contributed by atoms with Gasteiger partial charge in [0.25, 0.3) is 0 Å². The van der Waals surface area contributed by atoms with Crippen molar-refractivity contribution in [1.29, 1.82) is 0 Å². The lowest BCUT2D eigenvalue weighted by molar-refractivity contribution is 0.304. The van der Waals surface area contributed by atoms with Crippen molar-refractivity contribution in [2.24, 2.45) is 0 Å². The summed E-state index contributed by atoms with van der Waals surface area (Å²) in [5.74, 6) is 0.726. The van der Waals surface area contributed by atoms with Crippen molar-refractivity contribution >= 4 is 5.57 Å². The SMILES string of the molecule is C=C1CCOc2ncccc21. The Labute approximate surface area is 65.5 Å². The fraction of sp³-hybridized carbons (Fsp3) is 0.222. The highest BCUT2D eigenvalue weighted by molar-refractivity contribution is 5.68. The van der Waals surface area contributed by atoms with Gasteiger partial charge in [-0.15, -0.1) is 0 Å². The summed E-state index contributed by atoms with van der Waals surface area (Å²) in [6.45, 7) is 4.65. The molecule has 0 bridgehead atoms. The minimum Gasteiger partial charge on any atom is -0.477 e. The van der Waals surface area contributed by atoms with E-state index in [1.807, 2.05) is 12.1 Å². The van der Waals surface area contributed by atoms with Crippen molar-refractivity contribution in [2.75, 3.05) is 6.61 Å². The van der Waals surface area contributed by atoms with Crippen LogP contribution in [0.3, 0.4) is 0 Å². The molecular weight excluding hydrogens is 138 g/mol. The Morgan fingerprint density at radius 1 is 1.55 bits per heavy atom. The summed E-state index contributed by atoms with van der Waals surface area (Å²) >= 11 is 0. The number of hydrogen-bond acceptors (Lipinski definition) is 2. The summed E-state index contributed by atoms with van der Waals surface area (Å²) in [6, 6.07) is 3.89. The van der Waals surface area contributed by atoms with E-state index in [0.29, 0.717) is 6.61 Å². The normalized spacial score (nSPS) is 15.5. The Bertz CT molecular complexity index is 293. The zero-order valence-corrected chi connectivity index (χ0v) is 6.21. The van der Waals surface area contributed by atoms with E-state index in [-0.39, 0.29) is 0 Å². The van der Waals surface area contributed by atoms with Crippen LogP contribution in [0.15, 0.2) is 24.9 Å². The molecule has 0 atom stereocenters. The maximum absolute atomic E-state index is 5.32. The molecule has 56 valence electrons. The predicted octanol–water partition coefficient (Wildman–Crippen LogP) is 1.88. The molecule has 1 aromatic heterocycles. The van der Waals surface area contributed by atoms with Crippen LogP contribution >= 0.6 is 0 Å². The lowest BCUT2D eigenvalue weighted by Gasteiger charge is -2.16. The van der Waals surface area contributed by atoms with Crippen molar-refractivity contribution < 1.29 is 4.74 Å². The molecule has 0 aliphatic carbocycles. The first-order valence-electron chi connectivity index (χ1n) is 3.64. The second kappa shape index (κ2) is 2.38. The van der Waals surface area contributed by atoms with Gasteiger partial charge in [0.05, 0.1) is 6.61 Å². The zero-order valence-electron chi connectivity index (χ0n) is 6.21. The topological polar surface area (TPSA) is 22.1 Å². The van der Waals surface area contributed by atoms with Gasteiger partial charge in [0.2, 0.25) is 5.88 Å². The fourth-order valence-corrected chi connectivity index (χ4v) is 1.18. The van der Waals surface area contributed by atoms with E-state index in [2.05, 4.69) is 11.6 Å². The maximum Gasteiger partial charge on any atom is 0.220 e. The number of hydrogen-bond donors (Lipinski definition) is 0. The molecule has 0 amide bonds. The second-order valence-electron chi connectivity index (χ2n) is 2.56. The van der Waals surface area contributed by atoms with Gasteiger partial charge >= 0.3 is 0 Å². The van der Waals surface area contributed by atoms with Crippen molar-refractivity contribution in [3.05, 3.63) is 30.5 Å². The average molecular weight is 147 g/mol.